The highest BCUT2D eigenvalue weighted by Crippen LogP contribution is 2.32. The van der Waals surface area contributed by atoms with Crippen molar-refractivity contribution in [1.82, 2.24) is 0 Å². The number of Topliss-reactive ketones (excluding diaryl/α,β-unsaturated/α-hetero) is 4. The highest BCUT2D eigenvalue weighted by Gasteiger charge is 2.36. The number of phenols is 1. The molecule has 186 valence electrons. The van der Waals surface area contributed by atoms with Gasteiger partial charge in [0.1, 0.15) is 5.75 Å². The number of aromatic hydroxyl groups is 1. The largest absolute Gasteiger partial charge is 0.507 e. The Morgan fingerprint density at radius 2 is 1.08 bits per heavy atom. The molecule has 0 aromatic heterocycles. The van der Waals surface area contributed by atoms with Crippen molar-refractivity contribution in [2.75, 3.05) is 14.2 Å². The molecule has 37 heavy (non-hydrogen) atoms. The first-order valence-electron chi connectivity index (χ1n) is 11.5. The number of carbonyl (C=O) groups is 4. The van der Waals surface area contributed by atoms with Gasteiger partial charge in [0.2, 0.25) is 5.78 Å². The molecule has 0 aliphatic carbocycles. The summed E-state index contributed by atoms with van der Waals surface area (Å²) in [6.45, 7) is 0. The van der Waals surface area contributed by atoms with E-state index in [0.29, 0.717) is 5.39 Å². The number of fused-ring (bicyclic) bond motifs is 1. The summed E-state index contributed by atoms with van der Waals surface area (Å²) in [6.07, 6.45) is -3.10. The van der Waals surface area contributed by atoms with Crippen LogP contribution in [0.15, 0.2) is 91.0 Å². The lowest BCUT2D eigenvalue weighted by atomic mass is 9.87. The van der Waals surface area contributed by atoms with Crippen LogP contribution in [-0.4, -0.2) is 54.7 Å². The molecule has 0 saturated carbocycles. The highest BCUT2D eigenvalue weighted by atomic mass is 16.5. The number of hydrogen-bond donors (Lipinski definition) is 1. The van der Waals surface area contributed by atoms with Gasteiger partial charge in [-0.15, -0.1) is 0 Å². The van der Waals surface area contributed by atoms with Crippen molar-refractivity contribution >= 4 is 33.9 Å². The Kier molecular flexibility index (Phi) is 7.67. The molecule has 0 heterocycles. The van der Waals surface area contributed by atoms with Gasteiger partial charge in [0.25, 0.3) is 0 Å². The SMILES string of the molecule is COC(C(=O)c1ccccc1)C(=O)c1ccc2c(O)cccc2c1C(=O)C(OC)C(=O)c1ccccc1. The smallest absolute Gasteiger partial charge is 0.200 e. The number of ether oxygens (including phenoxy) is 2. The van der Waals surface area contributed by atoms with Crippen LogP contribution >= 0.6 is 0 Å². The number of hydrogen-bond acceptors (Lipinski definition) is 7. The van der Waals surface area contributed by atoms with Crippen LogP contribution in [0.4, 0.5) is 0 Å². The molecule has 0 amide bonds. The van der Waals surface area contributed by atoms with Crippen LogP contribution in [0.1, 0.15) is 41.4 Å². The minimum atomic E-state index is -1.56. The van der Waals surface area contributed by atoms with Crippen LogP contribution in [0.5, 0.6) is 5.75 Å². The molecule has 2 atom stereocenters. The monoisotopic (exact) mass is 496 g/mol. The van der Waals surface area contributed by atoms with E-state index in [0.717, 1.165) is 0 Å². The van der Waals surface area contributed by atoms with Crippen molar-refractivity contribution in [3.8, 4) is 5.75 Å². The van der Waals surface area contributed by atoms with Gasteiger partial charge in [-0.1, -0.05) is 72.8 Å². The molecule has 0 fully saturated rings. The van der Waals surface area contributed by atoms with E-state index >= 15 is 0 Å². The molecule has 4 aromatic rings. The van der Waals surface area contributed by atoms with E-state index in [1.54, 1.807) is 66.7 Å². The average molecular weight is 497 g/mol. The molecule has 1 N–H and O–H groups in total. The molecule has 2 unspecified atom stereocenters. The fourth-order valence-corrected chi connectivity index (χ4v) is 4.26. The lowest BCUT2D eigenvalue weighted by Crippen LogP contribution is -2.36. The fourth-order valence-electron chi connectivity index (χ4n) is 4.26. The minimum Gasteiger partial charge on any atom is -0.507 e. The lowest BCUT2D eigenvalue weighted by Gasteiger charge is -2.20. The van der Waals surface area contributed by atoms with E-state index < -0.39 is 35.3 Å². The maximum atomic E-state index is 13.9. The summed E-state index contributed by atoms with van der Waals surface area (Å²) in [5, 5.41) is 10.9. The van der Waals surface area contributed by atoms with Crippen LogP contribution < -0.4 is 0 Å². The average Bonchev–Trinajstić information content (AvgIpc) is 2.94. The van der Waals surface area contributed by atoms with Gasteiger partial charge in [-0.25, -0.2) is 0 Å². The van der Waals surface area contributed by atoms with E-state index in [4.69, 9.17) is 9.47 Å². The molecule has 7 heteroatoms. The molecular formula is C30H24O7. The number of benzene rings is 4. The first-order valence-corrected chi connectivity index (χ1v) is 11.5. The molecule has 4 aromatic carbocycles. The maximum Gasteiger partial charge on any atom is 0.200 e. The summed E-state index contributed by atoms with van der Waals surface area (Å²) in [7, 11) is 2.46. The zero-order valence-electron chi connectivity index (χ0n) is 20.2. The summed E-state index contributed by atoms with van der Waals surface area (Å²) in [5.41, 5.74) is 0.260. The summed E-state index contributed by atoms with van der Waals surface area (Å²) < 4.78 is 10.6. The van der Waals surface area contributed by atoms with E-state index in [9.17, 15) is 24.3 Å². The van der Waals surface area contributed by atoms with Crippen LogP contribution in [0.2, 0.25) is 0 Å². The van der Waals surface area contributed by atoms with E-state index in [1.807, 2.05) is 0 Å². The second kappa shape index (κ2) is 11.1. The van der Waals surface area contributed by atoms with Crippen molar-refractivity contribution in [3.63, 3.8) is 0 Å². The van der Waals surface area contributed by atoms with Gasteiger partial charge in [-0.05, 0) is 23.6 Å². The number of methoxy groups -OCH3 is 2. The second-order valence-corrected chi connectivity index (χ2v) is 8.28. The lowest BCUT2D eigenvalue weighted by molar-refractivity contribution is 0.0486. The number of phenolic OH excluding ortho intramolecular Hbond substituents is 1. The molecule has 0 saturated heterocycles. The maximum absolute atomic E-state index is 13.9. The van der Waals surface area contributed by atoms with Crippen LogP contribution in [0, 0.1) is 0 Å². The zero-order valence-corrected chi connectivity index (χ0v) is 20.2. The van der Waals surface area contributed by atoms with Crippen molar-refractivity contribution in [2.45, 2.75) is 12.2 Å². The Bertz CT molecular complexity index is 1480. The van der Waals surface area contributed by atoms with Gasteiger partial charge < -0.3 is 14.6 Å². The Hall–Kier alpha value is -4.46. The Balaban J connectivity index is 1.86. The van der Waals surface area contributed by atoms with E-state index in [-0.39, 0.29) is 33.4 Å². The number of carbonyl (C=O) groups excluding carboxylic acids is 4. The quantitative estimate of drug-likeness (QED) is 0.250. The Morgan fingerprint density at radius 3 is 1.59 bits per heavy atom. The summed E-state index contributed by atoms with van der Waals surface area (Å²) in [4.78, 5) is 53.9. The predicted octanol–water partition coefficient (Wildman–Crippen LogP) is 4.71. The molecule has 0 aliphatic heterocycles. The third-order valence-electron chi connectivity index (χ3n) is 6.09. The molecule has 0 spiro atoms. The Morgan fingerprint density at radius 1 is 0.568 bits per heavy atom. The third kappa shape index (κ3) is 4.95. The molecule has 0 radical (unpaired) electrons. The van der Waals surface area contributed by atoms with Gasteiger partial charge in [0.15, 0.2) is 29.6 Å². The van der Waals surface area contributed by atoms with Gasteiger partial charge in [0, 0.05) is 41.9 Å². The third-order valence-corrected chi connectivity index (χ3v) is 6.09. The summed E-state index contributed by atoms with van der Waals surface area (Å²) in [6, 6.07) is 23.7. The van der Waals surface area contributed by atoms with E-state index in [1.165, 1.54) is 38.5 Å². The standard InChI is InChI=1S/C30H24O7/c1-36-29(25(32)18-10-5-3-6-11-18)27(34)22-17-16-20-21(14-9-15-23(20)31)24(22)28(35)30(37-2)26(33)19-12-7-4-8-13-19/h3-17,29-31H,1-2H3. The minimum absolute atomic E-state index is 0.113. The molecule has 0 aliphatic rings. The topological polar surface area (TPSA) is 107 Å². The summed E-state index contributed by atoms with van der Waals surface area (Å²) >= 11 is 0. The first kappa shape index (κ1) is 25.6. The molecule has 4 rings (SSSR count). The predicted molar refractivity (Wildman–Crippen MR) is 137 cm³/mol. The molecular weight excluding hydrogens is 472 g/mol. The normalized spacial score (nSPS) is 12.6. The van der Waals surface area contributed by atoms with Crippen molar-refractivity contribution in [3.05, 3.63) is 113 Å². The van der Waals surface area contributed by atoms with Crippen molar-refractivity contribution in [1.29, 1.82) is 0 Å². The van der Waals surface area contributed by atoms with Gasteiger partial charge >= 0.3 is 0 Å². The van der Waals surface area contributed by atoms with Gasteiger partial charge in [-0.3, -0.25) is 19.2 Å². The number of rotatable bonds is 10. The van der Waals surface area contributed by atoms with Gasteiger partial charge in [0.05, 0.1) is 0 Å². The van der Waals surface area contributed by atoms with Crippen molar-refractivity contribution < 1.29 is 33.8 Å². The van der Waals surface area contributed by atoms with Gasteiger partial charge in [-0.2, -0.15) is 0 Å². The van der Waals surface area contributed by atoms with Crippen LogP contribution in [0.3, 0.4) is 0 Å². The van der Waals surface area contributed by atoms with Crippen LogP contribution in [-0.2, 0) is 9.47 Å². The first-order chi connectivity index (χ1) is 17.9. The summed E-state index contributed by atoms with van der Waals surface area (Å²) in [5.74, 6) is -2.82. The molecule has 7 nitrogen and oxygen atoms in total. The zero-order chi connectivity index (χ0) is 26.5. The second-order valence-electron chi connectivity index (χ2n) is 8.28. The van der Waals surface area contributed by atoms with Crippen molar-refractivity contribution in [2.24, 2.45) is 0 Å². The number of ketones is 4. The van der Waals surface area contributed by atoms with Crippen LogP contribution in [0.25, 0.3) is 10.8 Å². The van der Waals surface area contributed by atoms with E-state index in [2.05, 4.69) is 0 Å². The highest BCUT2D eigenvalue weighted by molar-refractivity contribution is 6.28. The molecule has 0 bridgehead atoms. The Labute approximate surface area is 213 Å². The fraction of sp³-hybridized carbons (Fsp3) is 0.133.